The van der Waals surface area contributed by atoms with Gasteiger partial charge in [-0.25, -0.2) is 4.98 Å². The van der Waals surface area contributed by atoms with Crippen LogP contribution in [0.4, 0.5) is 13.2 Å². The Bertz CT molecular complexity index is 880. The van der Waals surface area contributed by atoms with Gasteiger partial charge in [-0.1, -0.05) is 35.9 Å². The molecule has 2 aromatic carbocycles. The van der Waals surface area contributed by atoms with Crippen molar-refractivity contribution >= 4 is 22.6 Å². The van der Waals surface area contributed by atoms with E-state index < -0.39 is 18.1 Å². The quantitative estimate of drug-likeness (QED) is 0.734. The number of rotatable bonds is 5. The molecule has 8 heteroatoms. The van der Waals surface area contributed by atoms with Crippen LogP contribution in [0.5, 0.6) is 5.75 Å². The number of hydrogen-bond acceptors (Lipinski definition) is 3. The molecule has 1 heterocycles. The second kappa shape index (κ2) is 6.93. The van der Waals surface area contributed by atoms with Gasteiger partial charge < -0.3 is 14.4 Å². The molecule has 0 spiro atoms. The van der Waals surface area contributed by atoms with Crippen molar-refractivity contribution in [3.63, 3.8) is 0 Å². The van der Waals surface area contributed by atoms with Crippen LogP contribution in [0.25, 0.3) is 11.0 Å². The summed E-state index contributed by atoms with van der Waals surface area (Å²) < 4.78 is 46.0. The Morgan fingerprint density at radius 2 is 1.80 bits per heavy atom. The average molecular weight is 371 g/mol. The average Bonchev–Trinajstić information content (AvgIpc) is 2.93. The van der Waals surface area contributed by atoms with Gasteiger partial charge in [0.25, 0.3) is 0 Å². The first-order chi connectivity index (χ1) is 11.9. The van der Waals surface area contributed by atoms with Crippen LogP contribution in [0.15, 0.2) is 48.5 Å². The SMILES string of the molecule is O[C@@H](COc1ccccc1Cl)Cn1c(C(F)(F)F)nc2ccccc21. The number of hydrogen-bond donors (Lipinski definition) is 1. The number of aromatic nitrogens is 2. The van der Waals surface area contributed by atoms with E-state index in [2.05, 4.69) is 4.98 Å². The number of nitrogens with zero attached hydrogens (tertiary/aromatic N) is 2. The molecule has 1 N–H and O–H groups in total. The van der Waals surface area contributed by atoms with Crippen molar-refractivity contribution in [1.29, 1.82) is 0 Å². The summed E-state index contributed by atoms with van der Waals surface area (Å²) in [5.74, 6) is -0.694. The highest BCUT2D eigenvalue weighted by molar-refractivity contribution is 6.32. The Morgan fingerprint density at radius 3 is 2.52 bits per heavy atom. The molecule has 3 rings (SSSR count). The third-order valence-electron chi connectivity index (χ3n) is 3.57. The highest BCUT2D eigenvalue weighted by Crippen LogP contribution is 2.31. The number of imidazole rings is 1. The molecule has 25 heavy (non-hydrogen) atoms. The predicted octanol–water partition coefficient (Wildman–Crippen LogP) is 4.15. The summed E-state index contributed by atoms with van der Waals surface area (Å²) in [6.45, 7) is -0.507. The molecule has 0 aliphatic carbocycles. The molecular weight excluding hydrogens is 357 g/mol. The van der Waals surface area contributed by atoms with Gasteiger partial charge in [0, 0.05) is 0 Å². The van der Waals surface area contributed by atoms with Crippen molar-refractivity contribution < 1.29 is 23.0 Å². The minimum absolute atomic E-state index is 0.201. The van der Waals surface area contributed by atoms with Gasteiger partial charge in [-0.05, 0) is 24.3 Å². The summed E-state index contributed by atoms with van der Waals surface area (Å²) in [6, 6.07) is 12.9. The normalized spacial score (nSPS) is 13.2. The fourth-order valence-electron chi connectivity index (χ4n) is 2.49. The van der Waals surface area contributed by atoms with Crippen molar-refractivity contribution in [3.8, 4) is 5.75 Å². The third-order valence-corrected chi connectivity index (χ3v) is 3.88. The van der Waals surface area contributed by atoms with E-state index in [9.17, 15) is 18.3 Å². The molecule has 0 saturated heterocycles. The third kappa shape index (κ3) is 3.88. The minimum Gasteiger partial charge on any atom is -0.489 e. The van der Waals surface area contributed by atoms with E-state index in [0.29, 0.717) is 16.3 Å². The Morgan fingerprint density at radius 1 is 1.12 bits per heavy atom. The Labute approximate surface area is 146 Å². The number of fused-ring (bicyclic) bond motifs is 1. The second-order valence-corrected chi connectivity index (χ2v) is 5.83. The number of alkyl halides is 3. The zero-order valence-corrected chi connectivity index (χ0v) is 13.6. The van der Waals surface area contributed by atoms with E-state index in [4.69, 9.17) is 16.3 Å². The predicted molar refractivity (Wildman–Crippen MR) is 87.7 cm³/mol. The van der Waals surface area contributed by atoms with Crippen LogP contribution in [-0.2, 0) is 12.7 Å². The van der Waals surface area contributed by atoms with Crippen LogP contribution in [0.1, 0.15) is 5.82 Å². The first-order valence-electron chi connectivity index (χ1n) is 7.44. The Hall–Kier alpha value is -2.25. The van der Waals surface area contributed by atoms with E-state index in [1.165, 1.54) is 12.1 Å². The van der Waals surface area contributed by atoms with Crippen LogP contribution in [0.2, 0.25) is 5.02 Å². The molecule has 0 bridgehead atoms. The van der Waals surface area contributed by atoms with Gasteiger partial charge in [-0.3, -0.25) is 0 Å². The first kappa shape index (κ1) is 17.6. The summed E-state index contributed by atoms with van der Waals surface area (Å²) in [5, 5.41) is 10.5. The molecule has 132 valence electrons. The van der Waals surface area contributed by atoms with Gasteiger partial charge >= 0.3 is 6.18 Å². The number of aliphatic hydroxyl groups excluding tert-OH is 1. The number of halogens is 4. The van der Waals surface area contributed by atoms with Crippen molar-refractivity contribution in [3.05, 3.63) is 59.4 Å². The van der Waals surface area contributed by atoms with Crippen molar-refractivity contribution in [2.24, 2.45) is 0 Å². The van der Waals surface area contributed by atoms with Crippen LogP contribution < -0.4 is 4.74 Å². The molecule has 4 nitrogen and oxygen atoms in total. The highest BCUT2D eigenvalue weighted by atomic mass is 35.5. The fraction of sp³-hybridized carbons (Fsp3) is 0.235. The molecule has 3 aromatic rings. The summed E-state index contributed by atoms with van der Waals surface area (Å²) in [7, 11) is 0. The summed E-state index contributed by atoms with van der Waals surface area (Å²) in [6.07, 6.45) is -5.79. The fourth-order valence-corrected chi connectivity index (χ4v) is 2.68. The maximum absolute atomic E-state index is 13.2. The lowest BCUT2D eigenvalue weighted by molar-refractivity contribution is -0.147. The molecule has 0 aliphatic rings. The van der Waals surface area contributed by atoms with Crippen molar-refractivity contribution in [1.82, 2.24) is 9.55 Å². The van der Waals surface area contributed by atoms with Gasteiger partial charge in [-0.15, -0.1) is 0 Å². The number of para-hydroxylation sites is 3. The van der Waals surface area contributed by atoms with Gasteiger partial charge in [0.15, 0.2) is 0 Å². The van der Waals surface area contributed by atoms with Gasteiger partial charge in [-0.2, -0.15) is 13.2 Å². The van der Waals surface area contributed by atoms with Crippen LogP contribution in [-0.4, -0.2) is 27.4 Å². The maximum Gasteiger partial charge on any atom is 0.449 e. The smallest absolute Gasteiger partial charge is 0.449 e. The van der Waals surface area contributed by atoms with E-state index >= 15 is 0 Å². The lowest BCUT2D eigenvalue weighted by Gasteiger charge is -2.17. The number of benzene rings is 2. The van der Waals surface area contributed by atoms with Crippen molar-refractivity contribution in [2.45, 2.75) is 18.8 Å². The molecule has 0 unspecified atom stereocenters. The Kier molecular flexibility index (Phi) is 4.87. The van der Waals surface area contributed by atoms with E-state index in [1.54, 1.807) is 36.4 Å². The van der Waals surface area contributed by atoms with Crippen LogP contribution in [0.3, 0.4) is 0 Å². The second-order valence-electron chi connectivity index (χ2n) is 5.43. The van der Waals surface area contributed by atoms with Crippen LogP contribution >= 0.6 is 11.6 Å². The molecule has 0 saturated carbocycles. The standard InChI is InChI=1S/C17H14ClF3N2O2/c18-12-5-1-4-8-15(12)25-10-11(24)9-23-14-7-3-2-6-13(14)22-16(23)17(19,20)21/h1-8,11,24H,9-10H2/t11-/m1/s1. The molecule has 1 atom stereocenters. The molecular formula is C17H14ClF3N2O2. The van der Waals surface area contributed by atoms with E-state index in [-0.39, 0.29) is 18.7 Å². The topological polar surface area (TPSA) is 47.3 Å². The van der Waals surface area contributed by atoms with Crippen LogP contribution in [0, 0.1) is 0 Å². The molecule has 1 aromatic heterocycles. The molecule has 0 fully saturated rings. The number of aliphatic hydroxyl groups is 1. The zero-order chi connectivity index (χ0) is 18.0. The van der Waals surface area contributed by atoms with E-state index in [0.717, 1.165) is 4.57 Å². The van der Waals surface area contributed by atoms with Gasteiger partial charge in [0.2, 0.25) is 5.82 Å². The maximum atomic E-state index is 13.2. The largest absolute Gasteiger partial charge is 0.489 e. The monoisotopic (exact) mass is 370 g/mol. The summed E-state index contributed by atoms with van der Waals surface area (Å²) in [4.78, 5) is 3.63. The number of ether oxygens (including phenoxy) is 1. The summed E-state index contributed by atoms with van der Waals surface area (Å²) in [5.41, 5.74) is 0.515. The van der Waals surface area contributed by atoms with Gasteiger partial charge in [0.1, 0.15) is 18.5 Å². The first-order valence-corrected chi connectivity index (χ1v) is 7.82. The summed E-state index contributed by atoms with van der Waals surface area (Å²) >= 11 is 5.94. The highest BCUT2D eigenvalue weighted by Gasteiger charge is 2.37. The van der Waals surface area contributed by atoms with E-state index in [1.807, 2.05) is 0 Å². The molecule has 0 amide bonds. The van der Waals surface area contributed by atoms with Crippen molar-refractivity contribution in [2.75, 3.05) is 6.61 Å². The zero-order valence-electron chi connectivity index (χ0n) is 12.9. The molecule has 0 aliphatic heterocycles. The lowest BCUT2D eigenvalue weighted by Crippen LogP contribution is -2.26. The van der Waals surface area contributed by atoms with Gasteiger partial charge in [0.05, 0.1) is 22.6 Å². The Balaban J connectivity index is 1.81. The lowest BCUT2D eigenvalue weighted by atomic mass is 10.3. The minimum atomic E-state index is -4.62. The molecule has 0 radical (unpaired) electrons.